The third-order valence-electron chi connectivity index (χ3n) is 3.82. The molecule has 0 spiro atoms. The Bertz CT molecular complexity index is 592. The number of rotatable bonds is 3. The Morgan fingerprint density at radius 2 is 1.63 bits per heavy atom. The number of nitriles is 1. The molecule has 2 aromatic rings. The van der Waals surface area contributed by atoms with Crippen LogP contribution >= 0.6 is 0 Å². The third-order valence-corrected chi connectivity index (χ3v) is 3.82. The summed E-state index contributed by atoms with van der Waals surface area (Å²) in [6.45, 7) is 0. The van der Waals surface area contributed by atoms with Crippen molar-refractivity contribution in [2.45, 2.75) is 24.8 Å². The monoisotopic (exact) mass is 248 g/mol. The molecule has 0 atom stereocenters. The van der Waals surface area contributed by atoms with E-state index in [1.54, 1.807) is 0 Å². The minimum absolute atomic E-state index is 0.486. The standard InChI is InChI=1S/C17H16N2/c18-12-14-8-4-5-9-17(14)19-16-10-15(11-16)13-6-2-1-3-7-13/h1-9,15-16,19H,10-11H2. The number of nitrogens with zero attached hydrogens (tertiary/aromatic N) is 1. The second-order valence-corrected chi connectivity index (χ2v) is 5.08. The van der Waals surface area contributed by atoms with Gasteiger partial charge in [0.2, 0.25) is 0 Å². The maximum absolute atomic E-state index is 9.06. The number of hydrogen-bond donors (Lipinski definition) is 1. The van der Waals surface area contributed by atoms with Crippen molar-refractivity contribution in [1.82, 2.24) is 0 Å². The lowest BCUT2D eigenvalue weighted by Gasteiger charge is -2.37. The highest BCUT2D eigenvalue weighted by atomic mass is 14.9. The summed E-state index contributed by atoms with van der Waals surface area (Å²) in [6.07, 6.45) is 2.29. The quantitative estimate of drug-likeness (QED) is 0.893. The highest BCUT2D eigenvalue weighted by molar-refractivity contribution is 5.58. The van der Waals surface area contributed by atoms with Crippen molar-refractivity contribution < 1.29 is 0 Å². The topological polar surface area (TPSA) is 35.8 Å². The number of anilines is 1. The fraction of sp³-hybridized carbons (Fsp3) is 0.235. The number of benzene rings is 2. The molecule has 0 aromatic heterocycles. The molecule has 1 aliphatic rings. The van der Waals surface area contributed by atoms with Gasteiger partial charge in [-0.05, 0) is 36.5 Å². The number of hydrogen-bond acceptors (Lipinski definition) is 2. The van der Waals surface area contributed by atoms with Crippen LogP contribution in [0.25, 0.3) is 0 Å². The number of para-hydroxylation sites is 1. The molecular weight excluding hydrogens is 232 g/mol. The lowest BCUT2D eigenvalue weighted by atomic mass is 9.76. The van der Waals surface area contributed by atoms with E-state index in [4.69, 9.17) is 5.26 Å². The summed E-state index contributed by atoms with van der Waals surface area (Å²) in [6, 6.07) is 21.1. The summed E-state index contributed by atoms with van der Waals surface area (Å²) in [5.41, 5.74) is 3.11. The summed E-state index contributed by atoms with van der Waals surface area (Å²) in [5, 5.41) is 12.5. The smallest absolute Gasteiger partial charge is 0.101 e. The normalized spacial score (nSPS) is 21.2. The van der Waals surface area contributed by atoms with Crippen LogP contribution in [0.2, 0.25) is 0 Å². The zero-order valence-electron chi connectivity index (χ0n) is 10.7. The van der Waals surface area contributed by atoms with Crippen LogP contribution in [0.5, 0.6) is 0 Å². The predicted molar refractivity (Wildman–Crippen MR) is 77.0 cm³/mol. The summed E-state index contributed by atoms with van der Waals surface area (Å²) in [5.74, 6) is 0.660. The fourth-order valence-electron chi connectivity index (χ4n) is 2.66. The van der Waals surface area contributed by atoms with Crippen LogP contribution in [-0.2, 0) is 0 Å². The van der Waals surface area contributed by atoms with E-state index < -0.39 is 0 Å². The van der Waals surface area contributed by atoms with E-state index in [9.17, 15) is 0 Å². The molecule has 2 heteroatoms. The lowest BCUT2D eigenvalue weighted by molar-refractivity contribution is 0.374. The van der Waals surface area contributed by atoms with Gasteiger partial charge in [0.05, 0.1) is 11.3 Å². The van der Waals surface area contributed by atoms with E-state index in [-0.39, 0.29) is 0 Å². The van der Waals surface area contributed by atoms with E-state index in [0.29, 0.717) is 12.0 Å². The minimum atomic E-state index is 0.486. The summed E-state index contributed by atoms with van der Waals surface area (Å²) < 4.78 is 0. The lowest BCUT2D eigenvalue weighted by Crippen LogP contribution is -2.34. The predicted octanol–water partition coefficient (Wildman–Crippen LogP) is 3.92. The van der Waals surface area contributed by atoms with Crippen molar-refractivity contribution in [2.24, 2.45) is 0 Å². The molecule has 1 N–H and O–H groups in total. The first-order valence-corrected chi connectivity index (χ1v) is 6.67. The summed E-state index contributed by atoms with van der Waals surface area (Å²) >= 11 is 0. The van der Waals surface area contributed by atoms with Gasteiger partial charge in [-0.1, -0.05) is 42.5 Å². The van der Waals surface area contributed by atoms with Gasteiger partial charge in [-0.2, -0.15) is 5.26 Å². The van der Waals surface area contributed by atoms with Crippen molar-refractivity contribution in [1.29, 1.82) is 5.26 Å². The van der Waals surface area contributed by atoms with Gasteiger partial charge < -0.3 is 5.32 Å². The van der Waals surface area contributed by atoms with Crippen molar-refractivity contribution in [2.75, 3.05) is 5.32 Å². The molecule has 0 bridgehead atoms. The van der Waals surface area contributed by atoms with E-state index in [2.05, 4.69) is 41.7 Å². The molecule has 0 aliphatic heterocycles. The van der Waals surface area contributed by atoms with Crippen LogP contribution in [0.4, 0.5) is 5.69 Å². The van der Waals surface area contributed by atoms with E-state index in [1.165, 1.54) is 5.56 Å². The molecule has 0 amide bonds. The van der Waals surface area contributed by atoms with Crippen molar-refractivity contribution in [3.05, 3.63) is 65.7 Å². The van der Waals surface area contributed by atoms with Crippen LogP contribution in [0.1, 0.15) is 29.9 Å². The van der Waals surface area contributed by atoms with Gasteiger partial charge in [-0.3, -0.25) is 0 Å². The Hall–Kier alpha value is -2.27. The molecule has 0 radical (unpaired) electrons. The van der Waals surface area contributed by atoms with Crippen LogP contribution < -0.4 is 5.32 Å². The van der Waals surface area contributed by atoms with Gasteiger partial charge >= 0.3 is 0 Å². The molecule has 0 unspecified atom stereocenters. The Morgan fingerprint density at radius 3 is 2.37 bits per heavy atom. The third kappa shape index (κ3) is 2.46. The van der Waals surface area contributed by atoms with Gasteiger partial charge in [0.1, 0.15) is 6.07 Å². The molecule has 2 aromatic carbocycles. The maximum atomic E-state index is 9.06. The zero-order chi connectivity index (χ0) is 13.1. The average molecular weight is 248 g/mol. The molecule has 3 rings (SSSR count). The van der Waals surface area contributed by atoms with Gasteiger partial charge in [0.15, 0.2) is 0 Å². The average Bonchev–Trinajstić information content (AvgIpc) is 2.43. The van der Waals surface area contributed by atoms with Crippen molar-refractivity contribution >= 4 is 5.69 Å². The molecule has 1 fully saturated rings. The first-order chi connectivity index (χ1) is 9.36. The van der Waals surface area contributed by atoms with E-state index >= 15 is 0 Å². The summed E-state index contributed by atoms with van der Waals surface area (Å²) in [7, 11) is 0. The molecular formula is C17H16N2. The van der Waals surface area contributed by atoms with E-state index in [0.717, 1.165) is 24.1 Å². The largest absolute Gasteiger partial charge is 0.381 e. The van der Waals surface area contributed by atoms with Gasteiger partial charge in [0, 0.05) is 6.04 Å². The van der Waals surface area contributed by atoms with Crippen molar-refractivity contribution in [3.63, 3.8) is 0 Å². The van der Waals surface area contributed by atoms with E-state index in [1.807, 2.05) is 24.3 Å². The van der Waals surface area contributed by atoms with Crippen LogP contribution in [-0.4, -0.2) is 6.04 Å². The Morgan fingerprint density at radius 1 is 0.947 bits per heavy atom. The fourth-order valence-corrected chi connectivity index (χ4v) is 2.66. The second kappa shape index (κ2) is 5.16. The highest BCUT2D eigenvalue weighted by Crippen LogP contribution is 2.38. The van der Waals surface area contributed by atoms with Crippen molar-refractivity contribution in [3.8, 4) is 6.07 Å². The van der Waals surface area contributed by atoms with Gasteiger partial charge in [-0.15, -0.1) is 0 Å². The minimum Gasteiger partial charge on any atom is -0.381 e. The Balaban J connectivity index is 1.62. The molecule has 94 valence electrons. The molecule has 0 heterocycles. The molecule has 19 heavy (non-hydrogen) atoms. The SMILES string of the molecule is N#Cc1ccccc1NC1CC(c2ccccc2)C1. The zero-order valence-corrected chi connectivity index (χ0v) is 10.7. The van der Waals surface area contributed by atoms with Crippen LogP contribution in [0, 0.1) is 11.3 Å². The molecule has 1 aliphatic carbocycles. The molecule has 2 nitrogen and oxygen atoms in total. The molecule has 0 saturated heterocycles. The Labute approximate surface area is 113 Å². The molecule has 1 saturated carbocycles. The van der Waals surface area contributed by atoms with Crippen LogP contribution in [0.15, 0.2) is 54.6 Å². The van der Waals surface area contributed by atoms with Crippen LogP contribution in [0.3, 0.4) is 0 Å². The van der Waals surface area contributed by atoms with Gasteiger partial charge in [0.25, 0.3) is 0 Å². The maximum Gasteiger partial charge on any atom is 0.101 e. The first kappa shape index (κ1) is 11.8. The number of nitrogens with one attached hydrogen (secondary N) is 1. The first-order valence-electron chi connectivity index (χ1n) is 6.67. The second-order valence-electron chi connectivity index (χ2n) is 5.08. The highest BCUT2D eigenvalue weighted by Gasteiger charge is 2.30. The Kier molecular flexibility index (Phi) is 3.20. The van der Waals surface area contributed by atoms with Gasteiger partial charge in [-0.25, -0.2) is 0 Å². The summed E-state index contributed by atoms with van der Waals surface area (Å²) in [4.78, 5) is 0.